The molecule has 1 aromatic carbocycles. The summed E-state index contributed by atoms with van der Waals surface area (Å²) >= 11 is 0. The summed E-state index contributed by atoms with van der Waals surface area (Å²) in [6.45, 7) is 6.15. The summed E-state index contributed by atoms with van der Waals surface area (Å²) in [5.74, 6) is 0. The van der Waals surface area contributed by atoms with Crippen molar-refractivity contribution in [3.63, 3.8) is 0 Å². The van der Waals surface area contributed by atoms with Crippen molar-refractivity contribution in [3.05, 3.63) is 64.5 Å². The van der Waals surface area contributed by atoms with E-state index in [0.29, 0.717) is 6.42 Å². The Labute approximate surface area is 108 Å². The van der Waals surface area contributed by atoms with Crippen molar-refractivity contribution in [3.8, 4) is 0 Å². The number of aromatic nitrogens is 1. The molecule has 94 valence electrons. The third-order valence-corrected chi connectivity index (χ3v) is 3.29. The van der Waals surface area contributed by atoms with E-state index >= 15 is 0 Å². The monoisotopic (exact) mass is 241 g/mol. The number of aryl methyl sites for hydroxylation is 3. The molecule has 0 spiro atoms. The first-order chi connectivity index (χ1) is 8.56. The normalized spacial score (nSPS) is 12.4. The van der Waals surface area contributed by atoms with Gasteiger partial charge < -0.3 is 5.11 Å². The molecule has 0 aliphatic rings. The van der Waals surface area contributed by atoms with E-state index in [-0.39, 0.29) is 0 Å². The first-order valence-electron chi connectivity index (χ1n) is 6.23. The predicted molar refractivity (Wildman–Crippen MR) is 73.6 cm³/mol. The van der Waals surface area contributed by atoms with Gasteiger partial charge in [0.2, 0.25) is 0 Å². The zero-order chi connectivity index (χ0) is 13.1. The minimum absolute atomic E-state index is 0.487. The van der Waals surface area contributed by atoms with E-state index in [9.17, 15) is 5.11 Å². The lowest BCUT2D eigenvalue weighted by Crippen LogP contribution is -2.04. The van der Waals surface area contributed by atoms with Crippen LogP contribution in [0.5, 0.6) is 0 Å². The Bertz CT molecular complexity index is 531. The maximum absolute atomic E-state index is 10.2. The van der Waals surface area contributed by atoms with E-state index < -0.39 is 6.10 Å². The largest absolute Gasteiger partial charge is 0.388 e. The van der Waals surface area contributed by atoms with Crippen LogP contribution in [0.2, 0.25) is 0 Å². The fraction of sp³-hybridized carbons (Fsp3) is 0.312. The minimum atomic E-state index is -0.487. The van der Waals surface area contributed by atoms with Crippen LogP contribution >= 0.6 is 0 Å². The number of pyridine rings is 1. The second kappa shape index (κ2) is 5.32. The summed E-state index contributed by atoms with van der Waals surface area (Å²) in [6.07, 6.45) is 1.91. The van der Waals surface area contributed by atoms with Gasteiger partial charge in [-0.15, -0.1) is 0 Å². The number of hydrogen-bond acceptors (Lipinski definition) is 2. The highest BCUT2D eigenvalue weighted by atomic mass is 16.3. The van der Waals surface area contributed by atoms with Gasteiger partial charge in [-0.2, -0.15) is 0 Å². The third-order valence-electron chi connectivity index (χ3n) is 3.29. The van der Waals surface area contributed by atoms with Crippen LogP contribution in [0.25, 0.3) is 0 Å². The highest BCUT2D eigenvalue weighted by molar-refractivity contribution is 5.31. The zero-order valence-corrected chi connectivity index (χ0v) is 11.1. The van der Waals surface area contributed by atoms with Crippen molar-refractivity contribution < 1.29 is 5.11 Å². The predicted octanol–water partition coefficient (Wildman–Crippen LogP) is 3.28. The molecule has 0 aliphatic carbocycles. The molecule has 18 heavy (non-hydrogen) atoms. The van der Waals surface area contributed by atoms with Crippen molar-refractivity contribution in [1.82, 2.24) is 4.98 Å². The van der Waals surface area contributed by atoms with E-state index in [0.717, 1.165) is 16.8 Å². The Balaban J connectivity index is 2.13. The van der Waals surface area contributed by atoms with Crippen LogP contribution in [0.4, 0.5) is 0 Å². The molecule has 1 aromatic heterocycles. The molecule has 2 nitrogen and oxygen atoms in total. The Morgan fingerprint density at radius 2 is 1.83 bits per heavy atom. The number of aliphatic hydroxyl groups excluding tert-OH is 1. The lowest BCUT2D eigenvalue weighted by molar-refractivity contribution is 0.177. The third kappa shape index (κ3) is 2.96. The molecule has 1 atom stereocenters. The summed E-state index contributed by atoms with van der Waals surface area (Å²) in [7, 11) is 0. The van der Waals surface area contributed by atoms with Crippen LogP contribution in [-0.2, 0) is 6.42 Å². The van der Waals surface area contributed by atoms with E-state index in [4.69, 9.17) is 0 Å². The lowest BCUT2D eigenvalue weighted by Gasteiger charge is -2.12. The minimum Gasteiger partial charge on any atom is -0.388 e. The topological polar surface area (TPSA) is 33.1 Å². The molecule has 2 aromatic rings. The maximum atomic E-state index is 10.2. The molecular formula is C16H19NO. The van der Waals surface area contributed by atoms with Crippen LogP contribution in [0, 0.1) is 20.8 Å². The number of aliphatic hydroxyl groups is 1. The highest BCUT2D eigenvalue weighted by Gasteiger charge is 2.10. The van der Waals surface area contributed by atoms with Gasteiger partial charge >= 0.3 is 0 Å². The number of benzene rings is 1. The van der Waals surface area contributed by atoms with Gasteiger partial charge in [0.15, 0.2) is 0 Å². The van der Waals surface area contributed by atoms with Crippen LogP contribution < -0.4 is 0 Å². The first-order valence-corrected chi connectivity index (χ1v) is 6.23. The summed E-state index contributed by atoms with van der Waals surface area (Å²) in [6, 6.07) is 10.1. The average Bonchev–Trinajstić information content (AvgIpc) is 2.35. The standard InChI is InChI=1S/C16H19NO/c1-11-4-7-15(17-10-11)9-16(18)14-6-5-12(2)13(3)8-14/h4-8,10,16,18H,9H2,1-3H3. The van der Waals surface area contributed by atoms with Crippen LogP contribution in [-0.4, -0.2) is 10.1 Å². The van der Waals surface area contributed by atoms with Crippen molar-refractivity contribution in [2.45, 2.75) is 33.3 Å². The summed E-state index contributed by atoms with van der Waals surface area (Å²) < 4.78 is 0. The highest BCUT2D eigenvalue weighted by Crippen LogP contribution is 2.20. The Kier molecular flexibility index (Phi) is 3.78. The molecule has 0 bridgehead atoms. The molecular weight excluding hydrogens is 222 g/mol. The van der Waals surface area contributed by atoms with Gasteiger partial charge in [-0.25, -0.2) is 0 Å². The molecule has 2 rings (SSSR count). The molecule has 0 saturated heterocycles. The number of nitrogens with zero attached hydrogens (tertiary/aromatic N) is 1. The van der Waals surface area contributed by atoms with Gasteiger partial charge in [-0.1, -0.05) is 24.3 Å². The summed E-state index contributed by atoms with van der Waals surface area (Å²) in [4.78, 5) is 4.32. The summed E-state index contributed by atoms with van der Waals surface area (Å²) in [5.41, 5.74) is 5.48. The molecule has 0 aliphatic heterocycles. The summed E-state index contributed by atoms with van der Waals surface area (Å²) in [5, 5.41) is 10.2. The molecule has 0 amide bonds. The fourth-order valence-corrected chi connectivity index (χ4v) is 1.91. The van der Waals surface area contributed by atoms with Crippen LogP contribution in [0.3, 0.4) is 0 Å². The second-order valence-electron chi connectivity index (χ2n) is 4.89. The molecule has 1 unspecified atom stereocenters. The van der Waals surface area contributed by atoms with Gasteiger partial charge in [0.1, 0.15) is 0 Å². The van der Waals surface area contributed by atoms with Crippen molar-refractivity contribution in [1.29, 1.82) is 0 Å². The van der Waals surface area contributed by atoms with Gasteiger partial charge in [0.25, 0.3) is 0 Å². The van der Waals surface area contributed by atoms with Crippen LogP contribution in [0.15, 0.2) is 36.5 Å². The lowest BCUT2D eigenvalue weighted by atomic mass is 10.00. The van der Waals surface area contributed by atoms with E-state index in [2.05, 4.69) is 24.9 Å². The maximum Gasteiger partial charge on any atom is 0.0845 e. The van der Waals surface area contributed by atoms with Crippen LogP contribution in [0.1, 0.15) is 34.1 Å². The average molecular weight is 241 g/mol. The second-order valence-corrected chi connectivity index (χ2v) is 4.89. The Hall–Kier alpha value is -1.67. The van der Waals surface area contributed by atoms with Crippen molar-refractivity contribution in [2.75, 3.05) is 0 Å². The van der Waals surface area contributed by atoms with E-state index in [1.165, 1.54) is 11.1 Å². The molecule has 0 radical (unpaired) electrons. The van der Waals surface area contributed by atoms with Crippen molar-refractivity contribution >= 4 is 0 Å². The fourth-order valence-electron chi connectivity index (χ4n) is 1.91. The smallest absolute Gasteiger partial charge is 0.0845 e. The SMILES string of the molecule is Cc1ccc(CC(O)c2ccc(C)c(C)c2)nc1. The molecule has 0 fully saturated rings. The van der Waals surface area contributed by atoms with Gasteiger partial charge in [0, 0.05) is 18.3 Å². The zero-order valence-electron chi connectivity index (χ0n) is 11.1. The number of rotatable bonds is 3. The van der Waals surface area contributed by atoms with E-state index in [1.54, 1.807) is 0 Å². The van der Waals surface area contributed by atoms with E-state index in [1.807, 2.05) is 37.4 Å². The van der Waals surface area contributed by atoms with Crippen molar-refractivity contribution in [2.24, 2.45) is 0 Å². The van der Waals surface area contributed by atoms with Gasteiger partial charge in [0.05, 0.1) is 6.10 Å². The quantitative estimate of drug-likeness (QED) is 0.894. The van der Waals surface area contributed by atoms with Gasteiger partial charge in [-0.3, -0.25) is 4.98 Å². The van der Waals surface area contributed by atoms with Gasteiger partial charge in [-0.05, 0) is 49.1 Å². The molecule has 2 heteroatoms. The molecule has 1 N–H and O–H groups in total. The molecule has 1 heterocycles. The Morgan fingerprint density at radius 3 is 2.44 bits per heavy atom. The molecule has 0 saturated carbocycles. The first kappa shape index (κ1) is 12.8. The number of hydrogen-bond donors (Lipinski definition) is 1. The Morgan fingerprint density at radius 1 is 1.06 bits per heavy atom.